The molecule has 0 saturated heterocycles. The van der Waals surface area contributed by atoms with Crippen LogP contribution in [-0.4, -0.2) is 28.1 Å². The minimum Gasteiger partial charge on any atom is -0.478 e. The highest BCUT2D eigenvalue weighted by Gasteiger charge is 2.29. The van der Waals surface area contributed by atoms with Gasteiger partial charge in [-0.05, 0) is 49.4 Å². The van der Waals surface area contributed by atoms with Gasteiger partial charge in [-0.1, -0.05) is 64.1 Å². The monoisotopic (exact) mass is 590 g/mol. The summed E-state index contributed by atoms with van der Waals surface area (Å²) in [6.07, 6.45) is 0. The van der Waals surface area contributed by atoms with E-state index in [1.165, 1.54) is 11.8 Å². The van der Waals surface area contributed by atoms with E-state index in [1.54, 1.807) is 55.5 Å². The van der Waals surface area contributed by atoms with Gasteiger partial charge in [0.2, 0.25) is 5.91 Å². The van der Waals surface area contributed by atoms with E-state index in [4.69, 9.17) is 58.0 Å². The number of benzene rings is 3. The standard InChI is InChI=1S/C23H15Cl5N2O4S/c1-10(21(31)29-12-7-5-11(24)6-8-12)35-14-4-2-3-13(9-14)30-22(32)15-16(23(33)34)18(26)20(28)19(27)17(15)25/h2-10H,1H3,(H,29,31)(H,30,32)(H,33,34). The van der Waals surface area contributed by atoms with Crippen molar-refractivity contribution in [2.45, 2.75) is 17.1 Å². The molecule has 0 saturated carbocycles. The number of thioether (sulfide) groups is 1. The van der Waals surface area contributed by atoms with Crippen LogP contribution < -0.4 is 10.6 Å². The Bertz CT molecular complexity index is 1320. The normalized spacial score (nSPS) is 11.6. The molecule has 3 N–H and O–H groups in total. The number of carboxylic acids is 1. The predicted octanol–water partition coefficient (Wildman–Crippen LogP) is 8.02. The van der Waals surface area contributed by atoms with Gasteiger partial charge in [0, 0.05) is 21.3 Å². The molecule has 6 nitrogen and oxygen atoms in total. The Morgan fingerprint density at radius 3 is 2.00 bits per heavy atom. The van der Waals surface area contributed by atoms with Gasteiger partial charge in [-0.2, -0.15) is 0 Å². The lowest BCUT2D eigenvalue weighted by atomic mass is 10.1. The summed E-state index contributed by atoms with van der Waals surface area (Å²) in [6.45, 7) is 1.73. The first-order valence-corrected chi connectivity index (χ1v) is 12.5. The van der Waals surface area contributed by atoms with Gasteiger partial charge < -0.3 is 15.7 Å². The van der Waals surface area contributed by atoms with Gasteiger partial charge in [0.05, 0.1) is 36.5 Å². The SMILES string of the molecule is CC(Sc1cccc(NC(=O)c2c(Cl)c(Cl)c(Cl)c(Cl)c2C(=O)O)c1)C(=O)Nc1ccc(Cl)cc1. The molecule has 1 unspecified atom stereocenters. The molecule has 3 aromatic rings. The van der Waals surface area contributed by atoms with E-state index in [0.29, 0.717) is 21.3 Å². The quantitative estimate of drug-likeness (QED) is 0.147. The molecule has 0 aromatic heterocycles. The number of anilines is 2. The maximum Gasteiger partial charge on any atom is 0.338 e. The molecule has 0 fully saturated rings. The van der Waals surface area contributed by atoms with Crippen molar-refractivity contribution in [1.82, 2.24) is 0 Å². The highest BCUT2D eigenvalue weighted by atomic mass is 35.5. The van der Waals surface area contributed by atoms with E-state index < -0.39 is 33.3 Å². The van der Waals surface area contributed by atoms with Crippen LogP contribution in [0.3, 0.4) is 0 Å². The summed E-state index contributed by atoms with van der Waals surface area (Å²) >= 11 is 31.2. The van der Waals surface area contributed by atoms with Crippen LogP contribution in [0.4, 0.5) is 11.4 Å². The maximum absolute atomic E-state index is 12.9. The molecule has 1 atom stereocenters. The topological polar surface area (TPSA) is 95.5 Å². The Morgan fingerprint density at radius 2 is 1.40 bits per heavy atom. The maximum atomic E-state index is 12.9. The van der Waals surface area contributed by atoms with Crippen molar-refractivity contribution in [2.75, 3.05) is 10.6 Å². The van der Waals surface area contributed by atoms with Crippen LogP contribution in [0, 0.1) is 0 Å². The molecule has 0 spiro atoms. The van der Waals surface area contributed by atoms with Crippen molar-refractivity contribution < 1.29 is 19.5 Å². The van der Waals surface area contributed by atoms with Crippen LogP contribution in [0.2, 0.25) is 25.1 Å². The van der Waals surface area contributed by atoms with E-state index in [-0.39, 0.29) is 21.0 Å². The second kappa shape index (κ2) is 11.7. The van der Waals surface area contributed by atoms with Crippen LogP contribution in [0.25, 0.3) is 0 Å². The second-order valence-corrected chi connectivity index (χ2v) is 10.4. The fraction of sp³-hybridized carbons (Fsp3) is 0.0870. The lowest BCUT2D eigenvalue weighted by Crippen LogP contribution is -2.22. The number of hydrogen-bond donors (Lipinski definition) is 3. The number of amides is 2. The molecule has 0 heterocycles. The zero-order valence-corrected chi connectivity index (χ0v) is 22.3. The van der Waals surface area contributed by atoms with Crippen molar-refractivity contribution in [1.29, 1.82) is 0 Å². The summed E-state index contributed by atoms with van der Waals surface area (Å²) in [5, 5.41) is 13.8. The van der Waals surface area contributed by atoms with Gasteiger partial charge >= 0.3 is 5.97 Å². The van der Waals surface area contributed by atoms with Crippen molar-refractivity contribution >= 4 is 98.9 Å². The average Bonchev–Trinajstić information content (AvgIpc) is 2.81. The van der Waals surface area contributed by atoms with Gasteiger partial charge in [-0.25, -0.2) is 4.79 Å². The van der Waals surface area contributed by atoms with Crippen molar-refractivity contribution in [2.24, 2.45) is 0 Å². The first kappa shape index (κ1) is 27.5. The van der Waals surface area contributed by atoms with Gasteiger partial charge in [0.15, 0.2) is 0 Å². The molecule has 0 radical (unpaired) electrons. The molecule has 0 aliphatic heterocycles. The zero-order chi connectivity index (χ0) is 25.9. The molecule has 0 aliphatic rings. The van der Waals surface area contributed by atoms with Gasteiger partial charge in [0.25, 0.3) is 5.91 Å². The summed E-state index contributed by atoms with van der Waals surface area (Å²) in [7, 11) is 0. The number of carbonyl (C=O) groups excluding carboxylic acids is 2. The van der Waals surface area contributed by atoms with E-state index >= 15 is 0 Å². The summed E-state index contributed by atoms with van der Waals surface area (Å²) in [5.41, 5.74) is -0.0481. The summed E-state index contributed by atoms with van der Waals surface area (Å²) in [5.74, 6) is -2.57. The van der Waals surface area contributed by atoms with Crippen molar-refractivity contribution in [3.8, 4) is 0 Å². The first-order chi connectivity index (χ1) is 16.5. The Morgan fingerprint density at radius 1 is 0.800 bits per heavy atom. The van der Waals surface area contributed by atoms with E-state index in [0.717, 1.165) is 0 Å². The predicted molar refractivity (Wildman–Crippen MR) is 143 cm³/mol. The molecule has 0 aliphatic carbocycles. The number of rotatable bonds is 7. The zero-order valence-electron chi connectivity index (χ0n) is 17.7. The average molecular weight is 593 g/mol. The number of aromatic carboxylic acids is 1. The van der Waals surface area contributed by atoms with Crippen LogP contribution in [0.1, 0.15) is 27.6 Å². The number of nitrogens with one attached hydrogen (secondary N) is 2. The van der Waals surface area contributed by atoms with Gasteiger partial charge in [-0.3, -0.25) is 9.59 Å². The molecule has 12 heteroatoms. The number of hydrogen-bond acceptors (Lipinski definition) is 4. The molecule has 0 bridgehead atoms. The molecule has 3 aromatic carbocycles. The Labute approximate surface area is 229 Å². The number of halogens is 5. The van der Waals surface area contributed by atoms with Gasteiger partial charge in [0.1, 0.15) is 0 Å². The molecule has 2 amide bonds. The third kappa shape index (κ3) is 6.55. The largest absolute Gasteiger partial charge is 0.478 e. The van der Waals surface area contributed by atoms with Crippen molar-refractivity contribution in [3.05, 3.63) is 84.8 Å². The fourth-order valence-electron chi connectivity index (χ4n) is 2.92. The van der Waals surface area contributed by atoms with Crippen LogP contribution in [-0.2, 0) is 4.79 Å². The Balaban J connectivity index is 1.78. The van der Waals surface area contributed by atoms with Crippen LogP contribution >= 0.6 is 69.8 Å². The third-order valence-corrected chi connectivity index (χ3v) is 7.74. The summed E-state index contributed by atoms with van der Waals surface area (Å²) in [6, 6.07) is 13.4. The lowest BCUT2D eigenvalue weighted by Gasteiger charge is -2.15. The lowest BCUT2D eigenvalue weighted by molar-refractivity contribution is -0.115. The first-order valence-electron chi connectivity index (χ1n) is 9.73. The molecule has 3 rings (SSSR count). The highest BCUT2D eigenvalue weighted by Crippen LogP contribution is 2.42. The second-order valence-electron chi connectivity index (χ2n) is 7.05. The van der Waals surface area contributed by atoms with Crippen LogP contribution in [0.5, 0.6) is 0 Å². The Hall–Kier alpha value is -2.13. The molecule has 182 valence electrons. The Kier molecular flexibility index (Phi) is 9.21. The van der Waals surface area contributed by atoms with Crippen LogP contribution in [0.15, 0.2) is 53.4 Å². The summed E-state index contributed by atoms with van der Waals surface area (Å²) in [4.78, 5) is 37.9. The van der Waals surface area contributed by atoms with E-state index in [2.05, 4.69) is 10.6 Å². The number of carbonyl (C=O) groups is 3. The smallest absolute Gasteiger partial charge is 0.338 e. The molecular formula is C23H15Cl5N2O4S. The third-order valence-electron chi connectivity index (χ3n) is 4.59. The fourth-order valence-corrected chi connectivity index (χ4v) is 4.99. The van der Waals surface area contributed by atoms with Gasteiger partial charge in [-0.15, -0.1) is 11.8 Å². The van der Waals surface area contributed by atoms with E-state index in [9.17, 15) is 19.5 Å². The minimum absolute atomic E-state index is 0.227. The highest BCUT2D eigenvalue weighted by molar-refractivity contribution is 8.00. The molecule has 35 heavy (non-hydrogen) atoms. The summed E-state index contributed by atoms with van der Waals surface area (Å²) < 4.78 is 0. The minimum atomic E-state index is -1.49. The van der Waals surface area contributed by atoms with Crippen molar-refractivity contribution in [3.63, 3.8) is 0 Å². The molecular weight excluding hydrogens is 578 g/mol. The number of carboxylic acid groups (broad SMARTS) is 1. The van der Waals surface area contributed by atoms with E-state index in [1.807, 2.05) is 0 Å².